The maximum absolute atomic E-state index is 12.8. The van der Waals surface area contributed by atoms with E-state index in [1.807, 2.05) is 6.92 Å². The van der Waals surface area contributed by atoms with E-state index in [2.05, 4.69) is 15.5 Å². The summed E-state index contributed by atoms with van der Waals surface area (Å²) in [6.45, 7) is 3.53. The summed E-state index contributed by atoms with van der Waals surface area (Å²) in [7, 11) is -3.73. The smallest absolute Gasteiger partial charge is 0.284 e. The minimum absolute atomic E-state index is 0.0500. The lowest BCUT2D eigenvalue weighted by Crippen LogP contribution is -2.35. The van der Waals surface area contributed by atoms with Crippen LogP contribution in [-0.2, 0) is 10.0 Å². The number of anilines is 1. The number of hydrogen-bond acceptors (Lipinski definition) is 9. The van der Waals surface area contributed by atoms with Crippen molar-refractivity contribution in [2.24, 2.45) is 0 Å². The second-order valence-electron chi connectivity index (χ2n) is 5.86. The van der Waals surface area contributed by atoms with Gasteiger partial charge in [0.05, 0.1) is 14.7 Å². The Morgan fingerprint density at radius 1 is 1.30 bits per heavy atom. The first-order valence-electron chi connectivity index (χ1n) is 8.45. The highest BCUT2D eigenvalue weighted by atomic mass is 32.2. The van der Waals surface area contributed by atoms with Gasteiger partial charge in [0.2, 0.25) is 15.2 Å². The quantitative estimate of drug-likeness (QED) is 0.526. The highest BCUT2D eigenvalue weighted by molar-refractivity contribution is 8.01. The predicted octanol–water partition coefficient (Wildman–Crippen LogP) is 3.20. The zero-order chi connectivity index (χ0) is 19.4. The molecule has 1 aliphatic heterocycles. The van der Waals surface area contributed by atoms with Crippen molar-refractivity contribution in [3.8, 4) is 0 Å². The van der Waals surface area contributed by atoms with Crippen molar-refractivity contribution in [2.75, 3.05) is 25.0 Å². The van der Waals surface area contributed by atoms with E-state index in [1.165, 1.54) is 27.8 Å². The maximum Gasteiger partial charge on any atom is 0.284 e. The Morgan fingerprint density at radius 3 is 2.70 bits per heavy atom. The monoisotopic (exact) mass is 429 g/mol. The average Bonchev–Trinajstić information content (AvgIpc) is 3.10. The second-order valence-corrected chi connectivity index (χ2v) is 10.1. The molecule has 0 unspecified atom stereocenters. The molecule has 1 aromatic heterocycles. The number of nitro benzene ring substituents is 1. The fourth-order valence-electron chi connectivity index (χ4n) is 2.71. The van der Waals surface area contributed by atoms with Crippen LogP contribution in [0.3, 0.4) is 0 Å². The molecular weight excluding hydrogens is 410 g/mol. The van der Waals surface area contributed by atoms with Crippen molar-refractivity contribution in [3.05, 3.63) is 28.3 Å². The van der Waals surface area contributed by atoms with Crippen LogP contribution in [0.2, 0.25) is 0 Å². The van der Waals surface area contributed by atoms with Crippen LogP contribution in [0.4, 0.5) is 10.8 Å². The van der Waals surface area contributed by atoms with E-state index in [9.17, 15) is 18.5 Å². The Hall–Kier alpha value is -1.76. The molecule has 0 radical (unpaired) electrons. The van der Waals surface area contributed by atoms with Crippen LogP contribution in [-0.4, -0.2) is 47.5 Å². The normalized spacial score (nSPS) is 15.6. The number of aromatic nitrogens is 2. The molecule has 3 rings (SSSR count). The van der Waals surface area contributed by atoms with Crippen molar-refractivity contribution < 1.29 is 13.3 Å². The van der Waals surface area contributed by atoms with Gasteiger partial charge in [-0.25, -0.2) is 8.42 Å². The molecule has 1 aliphatic rings. The van der Waals surface area contributed by atoms with Crippen molar-refractivity contribution in [1.29, 1.82) is 0 Å². The third-order valence-electron chi connectivity index (χ3n) is 4.01. The van der Waals surface area contributed by atoms with E-state index in [4.69, 9.17) is 0 Å². The number of sulfonamides is 1. The minimum atomic E-state index is -3.73. The predicted molar refractivity (Wildman–Crippen MR) is 104 cm³/mol. The van der Waals surface area contributed by atoms with Gasteiger partial charge in [0.15, 0.2) is 4.34 Å². The standard InChI is InChI=1S/C15H19N5O4S3/c1-2-16-14-17-18-15(26-14)25-13-7-6-11(10-12(13)20(21)22)27(23,24)19-8-4-3-5-9-19/h6-7,10H,2-5,8-9H2,1H3,(H,16,17). The molecule has 0 spiro atoms. The van der Waals surface area contributed by atoms with Gasteiger partial charge in [-0.1, -0.05) is 17.8 Å². The SMILES string of the molecule is CCNc1nnc(Sc2ccc(S(=O)(=O)N3CCCCC3)cc2[N+](=O)[O-])s1. The fourth-order valence-corrected chi connectivity index (χ4v) is 6.11. The highest BCUT2D eigenvalue weighted by Gasteiger charge is 2.29. The molecule has 9 nitrogen and oxygen atoms in total. The summed E-state index contributed by atoms with van der Waals surface area (Å²) >= 11 is 2.38. The molecule has 2 aromatic rings. The highest BCUT2D eigenvalue weighted by Crippen LogP contribution is 2.38. The van der Waals surface area contributed by atoms with Gasteiger partial charge in [-0.2, -0.15) is 4.31 Å². The summed E-state index contributed by atoms with van der Waals surface area (Å²) in [5, 5.41) is 23.1. The molecule has 1 aromatic carbocycles. The Morgan fingerprint density at radius 2 is 2.04 bits per heavy atom. The first-order valence-corrected chi connectivity index (χ1v) is 11.5. The topological polar surface area (TPSA) is 118 Å². The van der Waals surface area contributed by atoms with Crippen LogP contribution in [0, 0.1) is 10.1 Å². The molecule has 0 saturated carbocycles. The van der Waals surface area contributed by atoms with Gasteiger partial charge in [-0.05, 0) is 43.7 Å². The summed E-state index contributed by atoms with van der Waals surface area (Å²) in [6, 6.07) is 4.03. The first-order chi connectivity index (χ1) is 12.9. The molecule has 1 N–H and O–H groups in total. The van der Waals surface area contributed by atoms with E-state index >= 15 is 0 Å². The molecule has 12 heteroatoms. The number of nitrogens with zero attached hydrogens (tertiary/aromatic N) is 4. The Kier molecular flexibility index (Phi) is 6.29. The number of hydrogen-bond donors (Lipinski definition) is 1. The maximum atomic E-state index is 12.8. The van der Waals surface area contributed by atoms with Gasteiger partial charge in [0, 0.05) is 25.7 Å². The molecule has 1 fully saturated rings. The zero-order valence-corrected chi connectivity index (χ0v) is 17.1. The fraction of sp³-hybridized carbons (Fsp3) is 0.467. The Balaban J connectivity index is 1.89. The van der Waals surface area contributed by atoms with Crippen molar-refractivity contribution in [2.45, 2.75) is 40.3 Å². The number of nitrogens with one attached hydrogen (secondary N) is 1. The van der Waals surface area contributed by atoms with Crippen LogP contribution in [0.5, 0.6) is 0 Å². The van der Waals surface area contributed by atoms with E-state index < -0.39 is 14.9 Å². The summed E-state index contributed by atoms with van der Waals surface area (Å²) in [5.41, 5.74) is -0.252. The first kappa shape index (κ1) is 20.0. The molecule has 1 saturated heterocycles. The lowest BCUT2D eigenvalue weighted by atomic mass is 10.2. The summed E-state index contributed by atoms with van der Waals surface area (Å²) in [6.07, 6.45) is 2.61. The van der Waals surface area contributed by atoms with E-state index in [0.717, 1.165) is 37.1 Å². The van der Waals surface area contributed by atoms with Gasteiger partial charge in [-0.15, -0.1) is 10.2 Å². The number of benzene rings is 1. The Bertz CT molecular complexity index is 925. The van der Waals surface area contributed by atoms with Gasteiger partial charge < -0.3 is 5.32 Å². The van der Waals surface area contributed by atoms with Crippen LogP contribution in [0.1, 0.15) is 26.2 Å². The second kappa shape index (κ2) is 8.50. The van der Waals surface area contributed by atoms with E-state index in [1.54, 1.807) is 0 Å². The van der Waals surface area contributed by atoms with Crippen molar-refractivity contribution in [3.63, 3.8) is 0 Å². The van der Waals surface area contributed by atoms with Gasteiger partial charge in [0.1, 0.15) is 0 Å². The number of piperidine rings is 1. The third-order valence-corrected chi connectivity index (χ3v) is 7.90. The molecule has 0 amide bonds. The molecule has 146 valence electrons. The van der Waals surface area contributed by atoms with E-state index in [0.29, 0.717) is 34.0 Å². The molecule has 0 aliphatic carbocycles. The summed E-state index contributed by atoms with van der Waals surface area (Å²) in [4.78, 5) is 11.2. The lowest BCUT2D eigenvalue weighted by molar-refractivity contribution is -0.388. The van der Waals surface area contributed by atoms with Crippen molar-refractivity contribution in [1.82, 2.24) is 14.5 Å². The average molecular weight is 430 g/mol. The van der Waals surface area contributed by atoms with Crippen LogP contribution < -0.4 is 5.32 Å². The molecular formula is C15H19N5O4S3. The van der Waals surface area contributed by atoms with Crippen molar-refractivity contribution >= 4 is 43.9 Å². The minimum Gasteiger partial charge on any atom is -0.360 e. The zero-order valence-electron chi connectivity index (χ0n) is 14.6. The van der Waals surface area contributed by atoms with Crippen LogP contribution in [0.15, 0.2) is 32.3 Å². The Labute approximate surface area is 165 Å². The molecule has 27 heavy (non-hydrogen) atoms. The lowest BCUT2D eigenvalue weighted by Gasteiger charge is -2.25. The third kappa shape index (κ3) is 4.57. The summed E-state index contributed by atoms with van der Waals surface area (Å²) in [5.74, 6) is 0. The van der Waals surface area contributed by atoms with Gasteiger partial charge in [0.25, 0.3) is 5.69 Å². The largest absolute Gasteiger partial charge is 0.360 e. The van der Waals surface area contributed by atoms with Crippen LogP contribution >= 0.6 is 23.1 Å². The van der Waals surface area contributed by atoms with E-state index in [-0.39, 0.29) is 10.6 Å². The molecule has 0 atom stereocenters. The summed E-state index contributed by atoms with van der Waals surface area (Å²) < 4.78 is 27.5. The number of nitro groups is 1. The number of rotatable bonds is 7. The van der Waals surface area contributed by atoms with Crippen LogP contribution in [0.25, 0.3) is 0 Å². The molecule has 2 heterocycles. The molecule has 0 bridgehead atoms. The van der Waals surface area contributed by atoms with Gasteiger partial charge >= 0.3 is 0 Å². The van der Waals surface area contributed by atoms with Gasteiger partial charge in [-0.3, -0.25) is 10.1 Å².